The van der Waals surface area contributed by atoms with Gasteiger partial charge < -0.3 is 18.6 Å². The molecular weight excluding hydrogens is 336 g/mol. The standard InChI is InChI=1S/C20H18O6/c1-4-12-9-19(21)26-18-11-14(5-6-17(12)18)25-20(22)13-7-15(23-2)10-16(8-13)24-3/h5-11H,4H2,1-3H3. The zero-order valence-corrected chi connectivity index (χ0v) is 14.7. The highest BCUT2D eigenvalue weighted by molar-refractivity contribution is 5.92. The largest absolute Gasteiger partial charge is 0.497 e. The number of ether oxygens (including phenoxy) is 3. The number of carbonyl (C=O) groups is 1. The van der Waals surface area contributed by atoms with Crippen LogP contribution in [0.15, 0.2) is 51.7 Å². The Morgan fingerprint density at radius 3 is 2.27 bits per heavy atom. The van der Waals surface area contributed by atoms with Crippen LogP contribution in [0.25, 0.3) is 11.0 Å². The van der Waals surface area contributed by atoms with Crippen LogP contribution < -0.4 is 19.8 Å². The fourth-order valence-electron chi connectivity index (χ4n) is 2.66. The molecule has 0 atom stereocenters. The summed E-state index contributed by atoms with van der Waals surface area (Å²) in [6, 6.07) is 11.2. The summed E-state index contributed by atoms with van der Waals surface area (Å²) in [7, 11) is 3.00. The van der Waals surface area contributed by atoms with Crippen LogP contribution in [-0.4, -0.2) is 20.2 Å². The fraction of sp³-hybridized carbons (Fsp3) is 0.200. The van der Waals surface area contributed by atoms with Gasteiger partial charge in [-0.1, -0.05) is 6.92 Å². The minimum Gasteiger partial charge on any atom is -0.497 e. The first-order valence-electron chi connectivity index (χ1n) is 8.06. The number of carbonyl (C=O) groups excluding carboxylic acids is 1. The number of fused-ring (bicyclic) bond motifs is 1. The summed E-state index contributed by atoms with van der Waals surface area (Å²) in [5.41, 5.74) is 1.11. The summed E-state index contributed by atoms with van der Waals surface area (Å²) in [5, 5.41) is 0.815. The number of aryl methyl sites for hydroxylation is 1. The van der Waals surface area contributed by atoms with Crippen molar-refractivity contribution in [2.24, 2.45) is 0 Å². The number of methoxy groups -OCH3 is 2. The molecule has 6 nitrogen and oxygen atoms in total. The summed E-state index contributed by atoms with van der Waals surface area (Å²) in [6.07, 6.45) is 0.699. The number of hydrogen-bond acceptors (Lipinski definition) is 6. The van der Waals surface area contributed by atoms with E-state index in [0.717, 1.165) is 10.9 Å². The molecule has 0 saturated heterocycles. The zero-order chi connectivity index (χ0) is 18.7. The van der Waals surface area contributed by atoms with Crippen LogP contribution in [0.1, 0.15) is 22.8 Å². The molecule has 0 fully saturated rings. The first-order chi connectivity index (χ1) is 12.5. The lowest BCUT2D eigenvalue weighted by atomic mass is 10.1. The maximum atomic E-state index is 12.5. The number of rotatable bonds is 5. The van der Waals surface area contributed by atoms with E-state index < -0.39 is 11.6 Å². The molecule has 0 N–H and O–H groups in total. The Kier molecular flexibility index (Phi) is 4.93. The van der Waals surface area contributed by atoms with Gasteiger partial charge >= 0.3 is 11.6 Å². The molecule has 0 unspecified atom stereocenters. The maximum Gasteiger partial charge on any atom is 0.343 e. The Labute approximate surface area is 149 Å². The summed E-state index contributed by atoms with van der Waals surface area (Å²) >= 11 is 0. The van der Waals surface area contributed by atoms with Gasteiger partial charge in [0, 0.05) is 23.6 Å². The maximum absolute atomic E-state index is 12.5. The SMILES string of the molecule is CCc1cc(=O)oc2cc(OC(=O)c3cc(OC)cc(OC)c3)ccc12. The Bertz CT molecular complexity index is 996. The molecule has 6 heteroatoms. The van der Waals surface area contributed by atoms with E-state index >= 15 is 0 Å². The van der Waals surface area contributed by atoms with Crippen molar-refractivity contribution in [3.63, 3.8) is 0 Å². The second kappa shape index (κ2) is 7.31. The van der Waals surface area contributed by atoms with Crippen molar-refractivity contribution in [3.05, 3.63) is 64.0 Å². The Morgan fingerprint density at radius 2 is 1.65 bits per heavy atom. The van der Waals surface area contributed by atoms with E-state index in [9.17, 15) is 9.59 Å². The molecule has 0 bridgehead atoms. The van der Waals surface area contributed by atoms with Crippen molar-refractivity contribution in [2.45, 2.75) is 13.3 Å². The first kappa shape index (κ1) is 17.5. The van der Waals surface area contributed by atoms with E-state index in [1.807, 2.05) is 6.92 Å². The van der Waals surface area contributed by atoms with Crippen molar-refractivity contribution >= 4 is 16.9 Å². The van der Waals surface area contributed by atoms with Crippen molar-refractivity contribution in [3.8, 4) is 17.2 Å². The molecule has 3 aromatic rings. The van der Waals surface area contributed by atoms with Gasteiger partial charge in [0.05, 0.1) is 19.8 Å². The van der Waals surface area contributed by atoms with Gasteiger partial charge in [0.15, 0.2) is 0 Å². The van der Waals surface area contributed by atoms with Gasteiger partial charge in [0.2, 0.25) is 0 Å². The highest BCUT2D eigenvalue weighted by atomic mass is 16.5. The smallest absolute Gasteiger partial charge is 0.343 e. The number of hydrogen-bond donors (Lipinski definition) is 0. The van der Waals surface area contributed by atoms with Crippen LogP contribution in [0.5, 0.6) is 17.2 Å². The second-order valence-corrected chi connectivity index (χ2v) is 5.59. The summed E-state index contributed by atoms with van der Waals surface area (Å²) < 4.78 is 20.9. The third-order valence-corrected chi connectivity index (χ3v) is 3.98. The quantitative estimate of drug-likeness (QED) is 0.396. The summed E-state index contributed by atoms with van der Waals surface area (Å²) in [4.78, 5) is 24.1. The lowest BCUT2D eigenvalue weighted by Crippen LogP contribution is -2.09. The summed E-state index contributed by atoms with van der Waals surface area (Å²) in [5.74, 6) is 0.665. The predicted octanol–water partition coefficient (Wildman–Crippen LogP) is 3.59. The molecular formula is C20H18O6. The Balaban J connectivity index is 1.93. The molecule has 0 spiro atoms. The van der Waals surface area contributed by atoms with Crippen molar-refractivity contribution in [2.75, 3.05) is 14.2 Å². The summed E-state index contributed by atoms with van der Waals surface area (Å²) in [6.45, 7) is 1.96. The van der Waals surface area contributed by atoms with Crippen molar-refractivity contribution < 1.29 is 23.4 Å². The molecule has 2 aromatic carbocycles. The van der Waals surface area contributed by atoms with Gasteiger partial charge in [0.25, 0.3) is 0 Å². The van der Waals surface area contributed by atoms with Crippen molar-refractivity contribution in [1.82, 2.24) is 0 Å². The normalized spacial score (nSPS) is 10.6. The van der Waals surface area contributed by atoms with E-state index in [2.05, 4.69) is 0 Å². The van der Waals surface area contributed by atoms with Gasteiger partial charge in [-0.2, -0.15) is 0 Å². The molecule has 0 saturated carbocycles. The lowest BCUT2D eigenvalue weighted by Gasteiger charge is -2.09. The van der Waals surface area contributed by atoms with E-state index in [1.54, 1.807) is 30.3 Å². The highest BCUT2D eigenvalue weighted by Gasteiger charge is 2.14. The van der Waals surface area contributed by atoms with Gasteiger partial charge in [-0.05, 0) is 36.2 Å². The highest BCUT2D eigenvalue weighted by Crippen LogP contribution is 2.26. The molecule has 0 amide bonds. The molecule has 0 aliphatic carbocycles. The minimum absolute atomic E-state index is 0.278. The van der Waals surface area contributed by atoms with Crippen LogP contribution in [0.2, 0.25) is 0 Å². The van der Waals surface area contributed by atoms with E-state index in [4.69, 9.17) is 18.6 Å². The molecule has 3 rings (SSSR count). The van der Waals surface area contributed by atoms with Crippen LogP contribution in [0.4, 0.5) is 0 Å². The monoisotopic (exact) mass is 354 g/mol. The van der Waals surface area contributed by atoms with Gasteiger partial charge in [-0.25, -0.2) is 9.59 Å². The van der Waals surface area contributed by atoms with E-state index in [0.29, 0.717) is 23.5 Å². The molecule has 0 radical (unpaired) electrons. The van der Waals surface area contributed by atoms with Crippen LogP contribution in [0.3, 0.4) is 0 Å². The van der Waals surface area contributed by atoms with Gasteiger partial charge in [0.1, 0.15) is 22.8 Å². The lowest BCUT2D eigenvalue weighted by molar-refractivity contribution is 0.0734. The van der Waals surface area contributed by atoms with Crippen molar-refractivity contribution in [1.29, 1.82) is 0 Å². The molecule has 0 aliphatic rings. The fourth-order valence-corrected chi connectivity index (χ4v) is 2.66. The molecule has 134 valence electrons. The first-order valence-corrected chi connectivity index (χ1v) is 8.06. The van der Waals surface area contributed by atoms with Crippen LogP contribution >= 0.6 is 0 Å². The van der Waals surface area contributed by atoms with E-state index in [-0.39, 0.29) is 11.3 Å². The third kappa shape index (κ3) is 3.54. The molecule has 26 heavy (non-hydrogen) atoms. The molecule has 0 aliphatic heterocycles. The Hall–Kier alpha value is -3.28. The van der Waals surface area contributed by atoms with E-state index in [1.165, 1.54) is 26.4 Å². The third-order valence-electron chi connectivity index (χ3n) is 3.98. The predicted molar refractivity (Wildman–Crippen MR) is 96.4 cm³/mol. The average molecular weight is 354 g/mol. The number of benzene rings is 2. The second-order valence-electron chi connectivity index (χ2n) is 5.59. The average Bonchev–Trinajstić information content (AvgIpc) is 2.66. The van der Waals surface area contributed by atoms with Crippen LogP contribution in [-0.2, 0) is 6.42 Å². The van der Waals surface area contributed by atoms with Gasteiger partial charge in [-0.15, -0.1) is 0 Å². The molecule has 1 heterocycles. The molecule has 1 aromatic heterocycles. The van der Waals surface area contributed by atoms with Gasteiger partial charge in [-0.3, -0.25) is 0 Å². The zero-order valence-electron chi connectivity index (χ0n) is 14.7. The minimum atomic E-state index is -0.574. The Morgan fingerprint density at radius 1 is 0.962 bits per heavy atom. The van der Waals surface area contributed by atoms with Crippen LogP contribution in [0, 0.1) is 0 Å². The number of esters is 1. The topological polar surface area (TPSA) is 75.0 Å².